The lowest BCUT2D eigenvalue weighted by atomic mass is 10.0. The number of carbonyl (C=O) groups is 2. The number of sulfonamides is 1. The minimum atomic E-state index is -4.22. The Morgan fingerprint density at radius 3 is 2.41 bits per heavy atom. The van der Waals surface area contributed by atoms with Gasteiger partial charge in [-0.05, 0) is 61.0 Å². The Hall–Kier alpha value is -4.79. The molecule has 0 bridgehead atoms. The van der Waals surface area contributed by atoms with Crippen molar-refractivity contribution in [3.05, 3.63) is 89.6 Å². The Kier molecular flexibility index (Phi) is 8.97. The number of methoxy groups -OCH3 is 1. The van der Waals surface area contributed by atoms with Gasteiger partial charge in [-0.2, -0.15) is 4.72 Å². The molecule has 1 atom stereocenters. The van der Waals surface area contributed by atoms with Crippen LogP contribution >= 0.6 is 0 Å². The zero-order valence-electron chi connectivity index (χ0n) is 22.3. The number of aromatic nitrogens is 1. The molecule has 11 heteroatoms. The Balaban J connectivity index is 1.66. The molecule has 3 aromatic carbocycles. The minimum absolute atomic E-state index is 0.0217. The Morgan fingerprint density at radius 2 is 1.76 bits per heavy atom. The van der Waals surface area contributed by atoms with Crippen molar-refractivity contribution in [2.75, 3.05) is 13.7 Å². The highest BCUT2D eigenvalue weighted by atomic mass is 32.2. The van der Waals surface area contributed by atoms with E-state index in [2.05, 4.69) is 16.6 Å². The molecule has 3 N–H and O–H groups in total. The molecule has 1 heterocycles. The fourth-order valence-corrected chi connectivity index (χ4v) is 5.56. The van der Waals surface area contributed by atoms with Crippen molar-refractivity contribution >= 4 is 32.9 Å². The number of rotatable bonds is 12. The summed E-state index contributed by atoms with van der Waals surface area (Å²) in [6.07, 6.45) is 1.47. The van der Waals surface area contributed by atoms with E-state index in [0.29, 0.717) is 34.5 Å². The summed E-state index contributed by atoms with van der Waals surface area (Å²) >= 11 is 0. The van der Waals surface area contributed by atoms with Crippen molar-refractivity contribution in [1.82, 2.24) is 9.29 Å². The molecule has 0 fully saturated rings. The zero-order chi connectivity index (χ0) is 29.6. The molecule has 0 aliphatic heterocycles. The van der Waals surface area contributed by atoms with Gasteiger partial charge in [0.25, 0.3) is 0 Å². The third-order valence-corrected chi connectivity index (χ3v) is 7.87. The largest absolute Gasteiger partial charge is 0.496 e. The number of carboxylic acids is 2. The van der Waals surface area contributed by atoms with Crippen LogP contribution in [0, 0.1) is 11.8 Å². The second-order valence-corrected chi connectivity index (χ2v) is 10.7. The van der Waals surface area contributed by atoms with Crippen molar-refractivity contribution in [3.63, 3.8) is 0 Å². The van der Waals surface area contributed by atoms with Crippen molar-refractivity contribution in [2.45, 2.75) is 30.8 Å². The Bertz CT molecular complexity index is 1750. The van der Waals surface area contributed by atoms with Crippen LogP contribution < -0.4 is 14.2 Å². The van der Waals surface area contributed by atoms with Crippen LogP contribution in [0.4, 0.5) is 0 Å². The summed E-state index contributed by atoms with van der Waals surface area (Å²) in [6, 6.07) is 16.0. The third kappa shape index (κ3) is 6.87. The molecule has 4 aromatic rings. The number of aromatic carboxylic acids is 1. The molecule has 1 unspecified atom stereocenters. The predicted octanol–water partition coefficient (Wildman–Crippen LogP) is 3.77. The van der Waals surface area contributed by atoms with Crippen molar-refractivity contribution in [3.8, 4) is 23.3 Å². The van der Waals surface area contributed by atoms with Gasteiger partial charge < -0.3 is 24.3 Å². The molecule has 10 nitrogen and oxygen atoms in total. The average molecular weight is 577 g/mol. The van der Waals surface area contributed by atoms with Crippen LogP contribution in [0.5, 0.6) is 11.5 Å². The van der Waals surface area contributed by atoms with Gasteiger partial charge in [0.15, 0.2) is 0 Å². The summed E-state index contributed by atoms with van der Waals surface area (Å²) in [5, 5.41) is 20.0. The van der Waals surface area contributed by atoms with Gasteiger partial charge in [-0.1, -0.05) is 24.1 Å². The van der Waals surface area contributed by atoms with Crippen molar-refractivity contribution < 1.29 is 37.7 Å². The van der Waals surface area contributed by atoms with E-state index in [1.807, 2.05) is 28.8 Å². The summed E-state index contributed by atoms with van der Waals surface area (Å²) in [4.78, 5) is 23.8. The van der Waals surface area contributed by atoms with E-state index >= 15 is 0 Å². The molecule has 1 aromatic heterocycles. The second kappa shape index (κ2) is 12.6. The first kappa shape index (κ1) is 29.2. The van der Waals surface area contributed by atoms with Crippen LogP contribution in [0.3, 0.4) is 0 Å². The molecule has 41 heavy (non-hydrogen) atoms. The first-order valence-electron chi connectivity index (χ1n) is 12.5. The quantitative estimate of drug-likeness (QED) is 0.216. The highest BCUT2D eigenvalue weighted by molar-refractivity contribution is 7.89. The topological polar surface area (TPSA) is 144 Å². The summed E-state index contributed by atoms with van der Waals surface area (Å²) in [6.45, 7) is 2.18. The maximum absolute atomic E-state index is 13.1. The molecule has 4 rings (SSSR count). The van der Waals surface area contributed by atoms with Crippen LogP contribution in [-0.4, -0.2) is 54.9 Å². The molecular weight excluding hydrogens is 548 g/mol. The molecule has 0 aliphatic rings. The summed E-state index contributed by atoms with van der Waals surface area (Å²) in [7, 11) is -2.67. The zero-order valence-corrected chi connectivity index (χ0v) is 23.1. The Morgan fingerprint density at radius 1 is 1.02 bits per heavy atom. The fourth-order valence-electron chi connectivity index (χ4n) is 4.38. The molecular formula is C30H28N2O8S. The van der Waals surface area contributed by atoms with Crippen LogP contribution in [0.1, 0.15) is 28.4 Å². The number of ether oxygens (including phenoxy) is 2. The van der Waals surface area contributed by atoms with Crippen LogP contribution in [0.2, 0.25) is 0 Å². The fraction of sp³-hybridized carbons (Fsp3) is 0.200. The number of aliphatic carboxylic acids is 1. The number of benzene rings is 3. The number of nitrogens with one attached hydrogen (secondary N) is 1. The van der Waals surface area contributed by atoms with Gasteiger partial charge in [-0.15, -0.1) is 5.92 Å². The maximum atomic E-state index is 13.1. The smallest absolute Gasteiger partial charge is 0.335 e. The van der Waals surface area contributed by atoms with Gasteiger partial charge in [-0.3, -0.25) is 4.79 Å². The first-order chi connectivity index (χ1) is 19.6. The molecule has 212 valence electrons. The second-order valence-electron chi connectivity index (χ2n) is 9.03. The standard InChI is InChI=1S/C30H28N2O8S/c1-3-4-15-40-23-10-12-24(13-11-23)41(37,38)31-26(30(35)36)17-22-19-32(18-21-7-5-6-8-28(21)39-2)27-14-9-20(29(33)34)16-25(22)27/h5-14,16,19,26,31H,15,17-18H2,1-2H3,(H,33,34)(H,35,36). The number of carboxylic acid groups (broad SMARTS) is 2. The number of hydrogen-bond acceptors (Lipinski definition) is 6. The highest BCUT2D eigenvalue weighted by Gasteiger charge is 2.27. The van der Waals surface area contributed by atoms with E-state index in [9.17, 15) is 28.2 Å². The van der Waals surface area contributed by atoms with Gasteiger partial charge in [-0.25, -0.2) is 13.2 Å². The van der Waals surface area contributed by atoms with E-state index < -0.39 is 28.0 Å². The average Bonchev–Trinajstić information content (AvgIpc) is 3.29. The first-order valence-corrected chi connectivity index (χ1v) is 14.0. The molecule has 0 saturated carbocycles. The van der Waals surface area contributed by atoms with Gasteiger partial charge in [0.05, 0.1) is 24.1 Å². The number of nitrogens with zero attached hydrogens (tertiary/aromatic N) is 1. The summed E-state index contributed by atoms with van der Waals surface area (Å²) in [5.41, 5.74) is 2.00. The highest BCUT2D eigenvalue weighted by Crippen LogP contribution is 2.28. The summed E-state index contributed by atoms with van der Waals surface area (Å²) < 4.78 is 41.2. The monoisotopic (exact) mass is 576 g/mol. The van der Waals surface area contributed by atoms with E-state index in [1.54, 1.807) is 26.3 Å². The molecule has 0 saturated heterocycles. The SMILES string of the molecule is CC#CCOc1ccc(S(=O)(=O)NC(Cc2cn(Cc3ccccc3OC)c3ccc(C(=O)O)cc23)C(=O)O)cc1. The van der Waals surface area contributed by atoms with Crippen molar-refractivity contribution in [1.29, 1.82) is 0 Å². The molecule has 0 spiro atoms. The van der Waals surface area contributed by atoms with Crippen LogP contribution in [0.15, 0.2) is 77.8 Å². The minimum Gasteiger partial charge on any atom is -0.496 e. The van der Waals surface area contributed by atoms with Gasteiger partial charge in [0, 0.05) is 29.1 Å². The normalized spacial score (nSPS) is 11.9. The van der Waals surface area contributed by atoms with Gasteiger partial charge in [0.2, 0.25) is 10.0 Å². The molecule has 0 radical (unpaired) electrons. The lowest BCUT2D eigenvalue weighted by Crippen LogP contribution is -2.42. The number of para-hydroxylation sites is 1. The summed E-state index contributed by atoms with van der Waals surface area (Å²) in [5.74, 6) is 3.98. The van der Waals surface area contributed by atoms with Gasteiger partial charge in [0.1, 0.15) is 24.1 Å². The number of fused-ring (bicyclic) bond motifs is 1. The van der Waals surface area contributed by atoms with E-state index in [1.165, 1.54) is 36.4 Å². The third-order valence-electron chi connectivity index (χ3n) is 6.39. The predicted molar refractivity (Wildman–Crippen MR) is 152 cm³/mol. The lowest BCUT2D eigenvalue weighted by Gasteiger charge is -2.15. The van der Waals surface area contributed by atoms with Crippen LogP contribution in [0.25, 0.3) is 10.9 Å². The molecule has 0 amide bonds. The van der Waals surface area contributed by atoms with Crippen molar-refractivity contribution in [2.24, 2.45) is 0 Å². The van der Waals surface area contributed by atoms with Gasteiger partial charge >= 0.3 is 11.9 Å². The Labute approximate surface area is 237 Å². The van der Waals surface area contributed by atoms with Crippen LogP contribution in [-0.2, 0) is 27.8 Å². The van der Waals surface area contributed by atoms with E-state index in [0.717, 1.165) is 5.56 Å². The van der Waals surface area contributed by atoms with E-state index in [-0.39, 0.29) is 23.5 Å². The molecule has 0 aliphatic carbocycles. The maximum Gasteiger partial charge on any atom is 0.335 e. The number of hydrogen-bond donors (Lipinski definition) is 3. The lowest BCUT2D eigenvalue weighted by molar-refractivity contribution is -0.138. The van der Waals surface area contributed by atoms with E-state index in [4.69, 9.17) is 9.47 Å².